The lowest BCUT2D eigenvalue weighted by Gasteiger charge is -2.23. The molecule has 1 saturated carbocycles. The van der Waals surface area contributed by atoms with Crippen molar-refractivity contribution in [3.05, 3.63) is 28.8 Å². The lowest BCUT2D eigenvalue weighted by atomic mass is 10.1. The first-order valence-electron chi connectivity index (χ1n) is 9.08. The number of carbonyl (C=O) groups excluding carboxylic acids is 3. The van der Waals surface area contributed by atoms with Crippen molar-refractivity contribution in [2.75, 3.05) is 18.4 Å². The van der Waals surface area contributed by atoms with Gasteiger partial charge in [0.2, 0.25) is 17.7 Å². The molecule has 0 bridgehead atoms. The van der Waals surface area contributed by atoms with E-state index in [0.717, 1.165) is 31.2 Å². The van der Waals surface area contributed by atoms with E-state index in [1.165, 1.54) is 0 Å². The van der Waals surface area contributed by atoms with Gasteiger partial charge in [-0.15, -0.1) is 0 Å². The van der Waals surface area contributed by atoms with Crippen molar-refractivity contribution in [3.63, 3.8) is 0 Å². The quantitative estimate of drug-likeness (QED) is 0.827. The number of likely N-dealkylation sites (tertiary alicyclic amines) is 1. The Morgan fingerprint density at radius 3 is 2.73 bits per heavy atom. The second-order valence-electron chi connectivity index (χ2n) is 7.06. The number of nitrogens with one attached hydrogen (secondary N) is 2. The van der Waals surface area contributed by atoms with Crippen LogP contribution in [0.3, 0.4) is 0 Å². The van der Waals surface area contributed by atoms with E-state index in [2.05, 4.69) is 10.6 Å². The predicted molar refractivity (Wildman–Crippen MR) is 99.9 cm³/mol. The summed E-state index contributed by atoms with van der Waals surface area (Å²) in [5, 5.41) is 5.96. The van der Waals surface area contributed by atoms with Crippen LogP contribution in [0.5, 0.6) is 0 Å². The molecule has 2 N–H and O–H groups in total. The SMILES string of the molecule is Cc1c(Cl)cccc1NC(=O)CNC(=O)[C@@H]1CC(=O)N(C2CCCC2)C1. The second-order valence-corrected chi connectivity index (χ2v) is 7.47. The van der Waals surface area contributed by atoms with Crippen LogP contribution in [0.15, 0.2) is 18.2 Å². The summed E-state index contributed by atoms with van der Waals surface area (Å²) in [5.41, 5.74) is 1.41. The maximum Gasteiger partial charge on any atom is 0.243 e. The predicted octanol–water partition coefficient (Wildman–Crippen LogP) is 2.49. The van der Waals surface area contributed by atoms with Gasteiger partial charge in [0.15, 0.2) is 0 Å². The fraction of sp³-hybridized carbons (Fsp3) is 0.526. The maximum atomic E-state index is 12.3. The average Bonchev–Trinajstić information content (AvgIpc) is 3.26. The summed E-state index contributed by atoms with van der Waals surface area (Å²) < 4.78 is 0. The molecular weight excluding hydrogens is 354 g/mol. The Bertz CT molecular complexity index is 716. The van der Waals surface area contributed by atoms with Crippen molar-refractivity contribution in [1.29, 1.82) is 0 Å². The molecule has 2 aliphatic rings. The van der Waals surface area contributed by atoms with Gasteiger partial charge in [-0.3, -0.25) is 14.4 Å². The summed E-state index contributed by atoms with van der Waals surface area (Å²) in [6.07, 6.45) is 4.59. The number of carbonyl (C=O) groups is 3. The van der Waals surface area contributed by atoms with Crippen molar-refractivity contribution < 1.29 is 14.4 Å². The highest BCUT2D eigenvalue weighted by Crippen LogP contribution is 2.29. The lowest BCUT2D eigenvalue weighted by Crippen LogP contribution is -2.39. The number of amides is 3. The monoisotopic (exact) mass is 377 g/mol. The van der Waals surface area contributed by atoms with Gasteiger partial charge in [0.05, 0.1) is 12.5 Å². The van der Waals surface area contributed by atoms with E-state index in [4.69, 9.17) is 11.6 Å². The minimum absolute atomic E-state index is 0.0519. The Labute approximate surface area is 158 Å². The molecule has 26 heavy (non-hydrogen) atoms. The first-order chi connectivity index (χ1) is 12.5. The molecule has 2 fully saturated rings. The molecule has 6 nitrogen and oxygen atoms in total. The zero-order valence-corrected chi connectivity index (χ0v) is 15.6. The summed E-state index contributed by atoms with van der Waals surface area (Å²) >= 11 is 6.03. The molecule has 1 aromatic carbocycles. The average molecular weight is 378 g/mol. The molecule has 1 aromatic rings. The fourth-order valence-corrected chi connectivity index (χ4v) is 3.90. The number of anilines is 1. The molecule has 140 valence electrons. The first-order valence-corrected chi connectivity index (χ1v) is 9.45. The summed E-state index contributed by atoms with van der Waals surface area (Å²) in [4.78, 5) is 38.5. The van der Waals surface area contributed by atoms with Crippen LogP contribution in [0.2, 0.25) is 5.02 Å². The number of benzene rings is 1. The van der Waals surface area contributed by atoms with Gasteiger partial charge in [-0.25, -0.2) is 0 Å². The smallest absolute Gasteiger partial charge is 0.243 e. The number of rotatable bonds is 5. The number of halogens is 1. The topological polar surface area (TPSA) is 78.5 Å². The molecular formula is C19H24ClN3O3. The van der Waals surface area contributed by atoms with Crippen LogP contribution in [-0.2, 0) is 14.4 Å². The molecule has 3 amide bonds. The van der Waals surface area contributed by atoms with E-state index in [9.17, 15) is 14.4 Å². The van der Waals surface area contributed by atoms with E-state index in [1.807, 2.05) is 11.8 Å². The van der Waals surface area contributed by atoms with Crippen LogP contribution < -0.4 is 10.6 Å². The maximum absolute atomic E-state index is 12.3. The molecule has 7 heteroatoms. The summed E-state index contributed by atoms with van der Waals surface area (Å²) in [6, 6.07) is 5.55. The molecule has 1 aliphatic carbocycles. The van der Waals surface area contributed by atoms with Crippen molar-refractivity contribution in [1.82, 2.24) is 10.2 Å². The number of nitrogens with zero attached hydrogens (tertiary/aromatic N) is 1. The van der Waals surface area contributed by atoms with Crippen molar-refractivity contribution in [2.24, 2.45) is 5.92 Å². The van der Waals surface area contributed by atoms with Crippen LogP contribution >= 0.6 is 11.6 Å². The summed E-state index contributed by atoms with van der Waals surface area (Å²) in [7, 11) is 0. The molecule has 0 radical (unpaired) electrons. The van der Waals surface area contributed by atoms with Crippen LogP contribution in [0.1, 0.15) is 37.7 Å². The van der Waals surface area contributed by atoms with Gasteiger partial charge in [0.1, 0.15) is 0 Å². The van der Waals surface area contributed by atoms with Crippen LogP contribution in [0, 0.1) is 12.8 Å². The van der Waals surface area contributed by atoms with Gasteiger partial charge in [0, 0.05) is 29.7 Å². The fourth-order valence-electron chi connectivity index (χ4n) is 3.73. The third-order valence-corrected chi connectivity index (χ3v) is 5.67. The molecule has 0 unspecified atom stereocenters. The normalized spacial score (nSPS) is 20.5. The van der Waals surface area contributed by atoms with E-state index in [1.54, 1.807) is 18.2 Å². The number of hydrogen-bond donors (Lipinski definition) is 2. The zero-order chi connectivity index (χ0) is 18.7. The van der Waals surface area contributed by atoms with E-state index in [-0.39, 0.29) is 42.6 Å². The van der Waals surface area contributed by atoms with Crippen LogP contribution in [-0.4, -0.2) is 41.8 Å². The lowest BCUT2D eigenvalue weighted by molar-refractivity contribution is -0.130. The molecule has 1 heterocycles. The van der Waals surface area contributed by atoms with E-state index < -0.39 is 0 Å². The van der Waals surface area contributed by atoms with E-state index >= 15 is 0 Å². The molecule has 1 saturated heterocycles. The first kappa shape index (κ1) is 18.7. The molecule has 0 spiro atoms. The van der Waals surface area contributed by atoms with Crippen LogP contribution in [0.4, 0.5) is 5.69 Å². The zero-order valence-electron chi connectivity index (χ0n) is 14.9. The summed E-state index contributed by atoms with van der Waals surface area (Å²) in [5.74, 6) is -0.877. The third kappa shape index (κ3) is 4.18. The van der Waals surface area contributed by atoms with Crippen molar-refractivity contribution in [3.8, 4) is 0 Å². The molecule has 1 atom stereocenters. The third-order valence-electron chi connectivity index (χ3n) is 5.26. The molecule has 0 aromatic heterocycles. The van der Waals surface area contributed by atoms with Crippen molar-refractivity contribution >= 4 is 35.0 Å². The largest absolute Gasteiger partial charge is 0.347 e. The van der Waals surface area contributed by atoms with Crippen molar-refractivity contribution in [2.45, 2.75) is 45.1 Å². The minimum Gasteiger partial charge on any atom is -0.347 e. The highest BCUT2D eigenvalue weighted by molar-refractivity contribution is 6.31. The number of hydrogen-bond acceptors (Lipinski definition) is 3. The Balaban J connectivity index is 1.48. The molecule has 3 rings (SSSR count). The molecule has 1 aliphatic heterocycles. The minimum atomic E-state index is -0.371. The highest BCUT2D eigenvalue weighted by Gasteiger charge is 2.38. The van der Waals surface area contributed by atoms with Gasteiger partial charge in [-0.2, -0.15) is 0 Å². The standard InChI is InChI=1S/C19H24ClN3O3/c1-12-15(20)7-4-8-16(12)22-17(24)10-21-19(26)13-9-18(25)23(11-13)14-5-2-3-6-14/h4,7-8,13-14H,2-3,5-6,9-11H2,1H3,(H,21,26)(H,22,24)/t13-/m1/s1. The van der Waals surface area contributed by atoms with Gasteiger partial charge in [-0.05, 0) is 37.5 Å². The second kappa shape index (κ2) is 8.08. The van der Waals surface area contributed by atoms with Crippen LogP contribution in [0.25, 0.3) is 0 Å². The summed E-state index contributed by atoms with van der Waals surface area (Å²) in [6.45, 7) is 2.15. The van der Waals surface area contributed by atoms with E-state index in [0.29, 0.717) is 17.3 Å². The Kier molecular flexibility index (Phi) is 5.81. The van der Waals surface area contributed by atoms with Gasteiger partial charge in [0.25, 0.3) is 0 Å². The Hall–Kier alpha value is -2.08. The Morgan fingerprint density at radius 1 is 1.27 bits per heavy atom. The Morgan fingerprint density at radius 2 is 2.00 bits per heavy atom. The highest BCUT2D eigenvalue weighted by atomic mass is 35.5. The van der Waals surface area contributed by atoms with Gasteiger partial charge in [-0.1, -0.05) is 30.5 Å². The van der Waals surface area contributed by atoms with Gasteiger partial charge >= 0.3 is 0 Å². The van der Waals surface area contributed by atoms with Gasteiger partial charge < -0.3 is 15.5 Å².